The van der Waals surface area contributed by atoms with Crippen LogP contribution >= 0.6 is 35.3 Å². The number of morpholine rings is 1. The van der Waals surface area contributed by atoms with Crippen molar-refractivity contribution in [1.82, 2.24) is 15.5 Å². The van der Waals surface area contributed by atoms with Gasteiger partial charge in [0.25, 0.3) is 0 Å². The summed E-state index contributed by atoms with van der Waals surface area (Å²) in [4.78, 5) is 8.03. The lowest BCUT2D eigenvalue weighted by atomic mass is 10.2. The number of aliphatic imine (C=N–C) groups is 1. The zero-order valence-corrected chi connectivity index (χ0v) is 20.3. The lowest BCUT2D eigenvalue weighted by Gasteiger charge is -2.26. The van der Waals surface area contributed by atoms with E-state index in [9.17, 15) is 0 Å². The fourth-order valence-electron chi connectivity index (χ4n) is 3.05. The van der Waals surface area contributed by atoms with E-state index in [0.717, 1.165) is 56.7 Å². The van der Waals surface area contributed by atoms with Crippen molar-refractivity contribution in [3.05, 3.63) is 51.7 Å². The van der Waals surface area contributed by atoms with Crippen molar-refractivity contribution in [2.45, 2.75) is 20.0 Å². The number of nitrogens with one attached hydrogen (secondary N) is 2. The van der Waals surface area contributed by atoms with Crippen molar-refractivity contribution in [3.63, 3.8) is 0 Å². The number of halogens is 1. The lowest BCUT2D eigenvalue weighted by Crippen LogP contribution is -2.38. The SMILES string of the molecule is CN=C(NCc1ccccc1OCCN1CCOCC1)NCc1sccc1C.I. The first-order valence-electron chi connectivity index (χ1n) is 9.74. The molecule has 0 spiro atoms. The van der Waals surface area contributed by atoms with Crippen LogP contribution in [0.2, 0.25) is 0 Å². The van der Waals surface area contributed by atoms with Crippen LogP contribution in [0.5, 0.6) is 5.75 Å². The Balaban J connectivity index is 0.00000300. The van der Waals surface area contributed by atoms with Gasteiger partial charge in [0.1, 0.15) is 12.4 Å². The number of para-hydroxylation sites is 1. The summed E-state index contributed by atoms with van der Waals surface area (Å²) in [6, 6.07) is 10.3. The summed E-state index contributed by atoms with van der Waals surface area (Å²) >= 11 is 1.76. The molecule has 0 radical (unpaired) electrons. The summed E-state index contributed by atoms with van der Waals surface area (Å²) in [6.45, 7) is 8.79. The van der Waals surface area contributed by atoms with Crippen LogP contribution in [-0.2, 0) is 17.8 Å². The molecule has 1 saturated heterocycles. The predicted octanol–water partition coefficient (Wildman–Crippen LogP) is 3.25. The molecule has 1 aromatic carbocycles. The first-order chi connectivity index (χ1) is 13.8. The summed E-state index contributed by atoms with van der Waals surface area (Å²) in [5, 5.41) is 8.88. The van der Waals surface area contributed by atoms with Gasteiger partial charge in [0.05, 0.1) is 19.8 Å². The maximum atomic E-state index is 6.06. The van der Waals surface area contributed by atoms with Gasteiger partial charge in [-0.15, -0.1) is 35.3 Å². The number of benzene rings is 1. The van der Waals surface area contributed by atoms with Crippen molar-refractivity contribution in [1.29, 1.82) is 0 Å². The standard InChI is InChI=1S/C21H30N4O2S.HI/c1-17-7-14-28-20(17)16-24-21(22-2)23-15-18-5-3-4-6-19(18)27-13-10-25-8-11-26-12-9-25;/h3-7,14H,8-13,15-16H2,1-2H3,(H2,22,23,24);1H. The van der Waals surface area contributed by atoms with Crippen molar-refractivity contribution < 1.29 is 9.47 Å². The molecule has 29 heavy (non-hydrogen) atoms. The number of hydrogen-bond acceptors (Lipinski definition) is 5. The van der Waals surface area contributed by atoms with Gasteiger partial charge in [0, 0.05) is 43.7 Å². The van der Waals surface area contributed by atoms with E-state index in [-0.39, 0.29) is 24.0 Å². The van der Waals surface area contributed by atoms with Crippen LogP contribution in [0.25, 0.3) is 0 Å². The highest BCUT2D eigenvalue weighted by Crippen LogP contribution is 2.18. The van der Waals surface area contributed by atoms with Gasteiger partial charge in [0.2, 0.25) is 0 Å². The minimum absolute atomic E-state index is 0. The van der Waals surface area contributed by atoms with E-state index >= 15 is 0 Å². The molecule has 0 unspecified atom stereocenters. The number of nitrogens with zero attached hydrogens (tertiary/aromatic N) is 2. The Morgan fingerprint density at radius 1 is 1.17 bits per heavy atom. The lowest BCUT2D eigenvalue weighted by molar-refractivity contribution is 0.0322. The summed E-state index contributed by atoms with van der Waals surface area (Å²) in [5.74, 6) is 1.71. The summed E-state index contributed by atoms with van der Waals surface area (Å²) in [6.07, 6.45) is 0. The largest absolute Gasteiger partial charge is 0.492 e. The van der Waals surface area contributed by atoms with Crippen LogP contribution in [0.15, 0.2) is 40.7 Å². The summed E-state index contributed by atoms with van der Waals surface area (Å²) < 4.78 is 11.5. The number of aryl methyl sites for hydroxylation is 1. The van der Waals surface area contributed by atoms with E-state index < -0.39 is 0 Å². The molecule has 1 aliphatic rings. The van der Waals surface area contributed by atoms with Crippen molar-refractivity contribution in [2.75, 3.05) is 46.5 Å². The van der Waals surface area contributed by atoms with Gasteiger partial charge in [-0.1, -0.05) is 18.2 Å². The van der Waals surface area contributed by atoms with Gasteiger partial charge in [-0.3, -0.25) is 9.89 Å². The molecule has 0 saturated carbocycles. The zero-order valence-electron chi connectivity index (χ0n) is 17.1. The fourth-order valence-corrected chi connectivity index (χ4v) is 3.89. The molecule has 0 amide bonds. The van der Waals surface area contributed by atoms with Crippen molar-refractivity contribution in [3.8, 4) is 5.75 Å². The first-order valence-corrected chi connectivity index (χ1v) is 10.6. The topological polar surface area (TPSA) is 58.1 Å². The Morgan fingerprint density at radius 2 is 1.93 bits per heavy atom. The molecular weight excluding hydrogens is 499 g/mol. The Labute approximate surface area is 194 Å². The monoisotopic (exact) mass is 530 g/mol. The minimum atomic E-state index is 0. The van der Waals surface area contributed by atoms with Crippen LogP contribution in [0.4, 0.5) is 0 Å². The Kier molecular flexibility index (Phi) is 10.8. The second-order valence-electron chi connectivity index (χ2n) is 6.72. The first kappa shape index (κ1) is 23.9. The molecule has 3 rings (SSSR count). The molecule has 160 valence electrons. The minimum Gasteiger partial charge on any atom is -0.492 e. The number of hydrogen-bond donors (Lipinski definition) is 2. The highest BCUT2D eigenvalue weighted by atomic mass is 127. The maximum absolute atomic E-state index is 6.06. The average Bonchev–Trinajstić information content (AvgIpc) is 3.14. The Bertz CT molecular complexity index is 763. The van der Waals surface area contributed by atoms with Crippen LogP contribution in [0.1, 0.15) is 16.0 Å². The number of thiophene rings is 1. The molecule has 2 aromatic rings. The third-order valence-corrected chi connectivity index (χ3v) is 5.82. The van der Waals surface area contributed by atoms with Gasteiger partial charge in [-0.05, 0) is 30.0 Å². The zero-order chi connectivity index (χ0) is 19.6. The smallest absolute Gasteiger partial charge is 0.191 e. The Morgan fingerprint density at radius 3 is 2.66 bits per heavy atom. The summed E-state index contributed by atoms with van der Waals surface area (Å²) in [7, 11) is 1.79. The molecule has 1 aliphatic heterocycles. The quantitative estimate of drug-likeness (QED) is 0.312. The highest BCUT2D eigenvalue weighted by Gasteiger charge is 2.11. The van der Waals surface area contributed by atoms with E-state index in [4.69, 9.17) is 9.47 Å². The van der Waals surface area contributed by atoms with E-state index in [1.807, 2.05) is 18.2 Å². The van der Waals surface area contributed by atoms with Crippen LogP contribution in [0, 0.1) is 6.92 Å². The molecule has 8 heteroatoms. The van der Waals surface area contributed by atoms with E-state index in [0.29, 0.717) is 13.2 Å². The van der Waals surface area contributed by atoms with Gasteiger partial charge < -0.3 is 20.1 Å². The molecule has 0 aliphatic carbocycles. The second-order valence-corrected chi connectivity index (χ2v) is 7.72. The Hall–Kier alpha value is -1.36. The molecule has 1 fully saturated rings. The fraction of sp³-hybridized carbons (Fsp3) is 0.476. The molecule has 6 nitrogen and oxygen atoms in total. The van der Waals surface area contributed by atoms with E-state index in [2.05, 4.69) is 45.0 Å². The number of ether oxygens (including phenoxy) is 2. The van der Waals surface area contributed by atoms with Gasteiger partial charge in [-0.25, -0.2) is 0 Å². The van der Waals surface area contributed by atoms with E-state index in [1.54, 1.807) is 18.4 Å². The van der Waals surface area contributed by atoms with E-state index in [1.165, 1.54) is 10.4 Å². The van der Waals surface area contributed by atoms with Crippen LogP contribution < -0.4 is 15.4 Å². The molecule has 2 heterocycles. The molecule has 2 N–H and O–H groups in total. The van der Waals surface area contributed by atoms with Crippen molar-refractivity contribution >= 4 is 41.3 Å². The second kappa shape index (κ2) is 13.0. The molecule has 0 bridgehead atoms. The normalized spacial score (nSPS) is 14.9. The maximum Gasteiger partial charge on any atom is 0.191 e. The third-order valence-electron chi connectivity index (χ3n) is 4.80. The predicted molar refractivity (Wildman–Crippen MR) is 131 cm³/mol. The molecular formula is C21H31IN4O2S. The van der Waals surface area contributed by atoms with Gasteiger partial charge in [-0.2, -0.15) is 0 Å². The summed E-state index contributed by atoms with van der Waals surface area (Å²) in [5.41, 5.74) is 2.44. The molecule has 0 atom stereocenters. The van der Waals surface area contributed by atoms with Crippen LogP contribution in [-0.4, -0.2) is 57.4 Å². The van der Waals surface area contributed by atoms with Crippen LogP contribution in [0.3, 0.4) is 0 Å². The van der Waals surface area contributed by atoms with Crippen molar-refractivity contribution in [2.24, 2.45) is 4.99 Å². The average molecular weight is 530 g/mol. The number of guanidine groups is 1. The number of rotatable bonds is 8. The van der Waals surface area contributed by atoms with Gasteiger partial charge in [0.15, 0.2) is 5.96 Å². The highest BCUT2D eigenvalue weighted by molar-refractivity contribution is 14.0. The third kappa shape index (κ3) is 7.76. The van der Waals surface area contributed by atoms with Gasteiger partial charge >= 0.3 is 0 Å². The molecule has 1 aromatic heterocycles.